The fourth-order valence-electron chi connectivity index (χ4n) is 9.17. The molecule has 0 aromatic carbocycles. The molecule has 0 fully saturated rings. The van der Waals surface area contributed by atoms with Crippen LogP contribution < -0.4 is 5.32 Å². The van der Waals surface area contributed by atoms with E-state index in [0.717, 1.165) is 135 Å². The number of nitrogens with one attached hydrogen (secondary N) is 1. The zero-order valence-corrected chi connectivity index (χ0v) is 53.7. The van der Waals surface area contributed by atoms with Gasteiger partial charge in [-0.2, -0.15) is 0 Å². The lowest BCUT2D eigenvalue weighted by molar-refractivity contribution is -0.870. The van der Waals surface area contributed by atoms with Crippen molar-refractivity contribution in [2.24, 2.45) is 0 Å². The van der Waals surface area contributed by atoms with Crippen molar-refractivity contribution in [2.75, 3.05) is 40.9 Å². The summed E-state index contributed by atoms with van der Waals surface area (Å²) in [6.45, 7) is 6.89. The summed E-state index contributed by atoms with van der Waals surface area (Å²) in [6.07, 6.45) is 79.7. The highest BCUT2D eigenvalue weighted by molar-refractivity contribution is 7.47. The number of hydrogen-bond donors (Lipinski definition) is 2. The molecular weight excluding hydrogens is 1010 g/mol. The van der Waals surface area contributed by atoms with E-state index in [0.29, 0.717) is 17.4 Å². The summed E-state index contributed by atoms with van der Waals surface area (Å²) >= 11 is 0. The number of likely N-dealkylation sites (N-methyl/N-ethyl adjacent to an activating group) is 1. The fraction of sp³-hybridized carbons (Fsp3) is 0.743. The molecule has 0 saturated heterocycles. The Hall–Kier alpha value is -3.07. The highest BCUT2D eigenvalue weighted by Crippen LogP contribution is 2.43. The van der Waals surface area contributed by atoms with Crippen molar-refractivity contribution >= 4 is 19.7 Å². The molecule has 10 heteroatoms. The van der Waals surface area contributed by atoms with E-state index >= 15 is 0 Å². The van der Waals surface area contributed by atoms with E-state index in [9.17, 15) is 19.0 Å². The molecule has 3 atom stereocenters. The predicted molar refractivity (Wildman–Crippen MR) is 346 cm³/mol. The predicted octanol–water partition coefficient (Wildman–Crippen LogP) is 20.7. The van der Waals surface area contributed by atoms with E-state index in [4.69, 9.17) is 13.8 Å². The van der Waals surface area contributed by atoms with Crippen LogP contribution in [0, 0.1) is 0 Å². The molecular formula is C70H126N2O7P+. The van der Waals surface area contributed by atoms with Crippen LogP contribution in [0.3, 0.4) is 0 Å². The largest absolute Gasteiger partial charge is 0.472 e. The number of allylic oxidation sites excluding steroid dienone is 15. The normalized spacial score (nSPS) is 14.2. The van der Waals surface area contributed by atoms with E-state index in [1.165, 1.54) is 116 Å². The Morgan fingerprint density at radius 1 is 0.450 bits per heavy atom. The standard InChI is InChI=1S/C70H125N2O7P/c1-7-10-13-16-19-22-25-28-30-32-33-34-35-36-37-38-39-41-43-45-48-51-54-57-60-63-70(74)79-68(61-58-55-52-49-46-27-24-21-18-15-12-9-3)67(66-78-80(75,76)77-65-64-72(4,5)6)71-69(73)62-59-56-53-50-47-44-42-40-31-29-26-23-20-17-14-11-8-2/h10,13,19,22,28-31,33-34,36-37,39,41,58,61,67-68H,7-9,11-12,14-18,20-21,23-27,32,35,38,40,42-57,59-60,62-66H2,1-6H3,(H-,71,73,75,76)/p+1/b13-10-,22-19-,30-28-,31-29+,34-33-,37-36-,41-39-,61-58-. The number of phosphoric acid groups is 1. The number of amides is 1. The van der Waals surface area contributed by atoms with Crippen LogP contribution in [0.25, 0.3) is 0 Å². The molecule has 3 unspecified atom stereocenters. The minimum absolute atomic E-state index is 0.0330. The Balaban J connectivity index is 5.20. The number of carbonyl (C=O) groups is 2. The monoisotopic (exact) mass is 1140 g/mol. The maximum atomic E-state index is 13.6. The molecule has 0 bridgehead atoms. The minimum Gasteiger partial charge on any atom is -0.456 e. The zero-order chi connectivity index (χ0) is 58.6. The summed E-state index contributed by atoms with van der Waals surface area (Å²) in [5.41, 5.74) is 0. The molecule has 0 heterocycles. The second-order valence-electron chi connectivity index (χ2n) is 23.3. The summed E-state index contributed by atoms with van der Waals surface area (Å²) in [5, 5.41) is 3.06. The van der Waals surface area contributed by atoms with Gasteiger partial charge in [0.1, 0.15) is 19.3 Å². The van der Waals surface area contributed by atoms with E-state index in [2.05, 4.69) is 111 Å². The van der Waals surface area contributed by atoms with Gasteiger partial charge in [0, 0.05) is 12.8 Å². The quantitative estimate of drug-likeness (QED) is 0.0205. The SMILES string of the molecule is CC/C=C\C/C=C\C/C=C\C/C=C\C/C=C\C/C=C\CCCCCCCCC(=O)OC(/C=C\CCCCCCCCCCCC)C(COP(=O)(O)OCC[N+](C)(C)C)NC(=O)CCCCCCCCC/C=C/CCCCCCCC. The van der Waals surface area contributed by atoms with Crippen molar-refractivity contribution in [1.29, 1.82) is 0 Å². The lowest BCUT2D eigenvalue weighted by atomic mass is 10.0. The Bertz CT molecular complexity index is 1690. The van der Waals surface area contributed by atoms with Crippen LogP contribution in [0.15, 0.2) is 97.2 Å². The summed E-state index contributed by atoms with van der Waals surface area (Å²) in [7, 11) is 1.48. The van der Waals surface area contributed by atoms with Crippen molar-refractivity contribution in [3.8, 4) is 0 Å². The van der Waals surface area contributed by atoms with Crippen LogP contribution in [-0.4, -0.2) is 74.3 Å². The Labute approximate surface area is 494 Å². The third-order valence-electron chi connectivity index (χ3n) is 14.3. The van der Waals surface area contributed by atoms with Crippen LogP contribution in [0.4, 0.5) is 0 Å². The fourth-order valence-corrected chi connectivity index (χ4v) is 9.91. The van der Waals surface area contributed by atoms with Crippen LogP contribution in [0.1, 0.15) is 284 Å². The number of rotatable bonds is 59. The first-order valence-electron chi connectivity index (χ1n) is 33.1. The summed E-state index contributed by atoms with van der Waals surface area (Å²) in [6, 6.07) is -0.862. The number of phosphoric ester groups is 1. The van der Waals surface area contributed by atoms with Gasteiger partial charge in [-0.05, 0) is 109 Å². The van der Waals surface area contributed by atoms with Crippen LogP contribution >= 0.6 is 7.82 Å². The Morgan fingerprint density at radius 3 is 1.21 bits per heavy atom. The molecule has 462 valence electrons. The summed E-state index contributed by atoms with van der Waals surface area (Å²) in [4.78, 5) is 37.8. The molecule has 0 spiro atoms. The van der Waals surface area contributed by atoms with E-state index in [1.54, 1.807) is 0 Å². The number of ether oxygens (including phenoxy) is 1. The molecule has 0 aliphatic rings. The summed E-state index contributed by atoms with van der Waals surface area (Å²) < 4.78 is 30.7. The lowest BCUT2D eigenvalue weighted by Crippen LogP contribution is -2.47. The van der Waals surface area contributed by atoms with Gasteiger partial charge in [0.25, 0.3) is 0 Å². The average molecular weight is 1140 g/mol. The number of esters is 1. The van der Waals surface area contributed by atoms with Gasteiger partial charge in [-0.1, -0.05) is 260 Å². The first-order chi connectivity index (χ1) is 38.9. The number of carbonyl (C=O) groups excluding carboxylic acids is 2. The molecule has 0 radical (unpaired) electrons. The number of nitrogens with zero attached hydrogens (tertiary/aromatic N) is 1. The average Bonchev–Trinajstić information content (AvgIpc) is 3.42. The summed E-state index contributed by atoms with van der Waals surface area (Å²) in [5.74, 6) is -0.527. The third kappa shape index (κ3) is 59.5. The van der Waals surface area contributed by atoms with Gasteiger partial charge in [-0.25, -0.2) is 4.57 Å². The van der Waals surface area contributed by atoms with E-state index in [-0.39, 0.29) is 31.5 Å². The van der Waals surface area contributed by atoms with Crippen molar-refractivity contribution in [3.63, 3.8) is 0 Å². The second-order valence-corrected chi connectivity index (χ2v) is 24.7. The van der Waals surface area contributed by atoms with Gasteiger partial charge in [-0.3, -0.25) is 18.6 Å². The van der Waals surface area contributed by atoms with Gasteiger partial charge in [0.05, 0.1) is 33.8 Å². The number of hydrogen-bond acceptors (Lipinski definition) is 6. The Kier molecular flexibility index (Phi) is 56.8. The van der Waals surface area contributed by atoms with Gasteiger partial charge >= 0.3 is 13.8 Å². The molecule has 1 amide bonds. The van der Waals surface area contributed by atoms with Crippen molar-refractivity contribution < 1.29 is 37.3 Å². The highest BCUT2D eigenvalue weighted by atomic mass is 31.2. The van der Waals surface area contributed by atoms with E-state index in [1.807, 2.05) is 33.3 Å². The molecule has 0 aromatic rings. The topological polar surface area (TPSA) is 111 Å². The molecule has 2 N–H and O–H groups in total. The minimum atomic E-state index is -4.46. The second kappa shape index (κ2) is 59.1. The molecule has 0 rings (SSSR count). The first kappa shape index (κ1) is 76.9. The van der Waals surface area contributed by atoms with Crippen LogP contribution in [-0.2, 0) is 27.9 Å². The lowest BCUT2D eigenvalue weighted by Gasteiger charge is -2.27. The van der Waals surface area contributed by atoms with Crippen molar-refractivity contribution in [3.05, 3.63) is 97.2 Å². The molecule has 0 saturated carbocycles. The molecule has 80 heavy (non-hydrogen) atoms. The molecule has 0 aliphatic heterocycles. The van der Waals surface area contributed by atoms with Gasteiger partial charge in [0.15, 0.2) is 0 Å². The third-order valence-corrected chi connectivity index (χ3v) is 15.2. The molecule has 9 nitrogen and oxygen atoms in total. The van der Waals surface area contributed by atoms with Crippen LogP contribution in [0.5, 0.6) is 0 Å². The van der Waals surface area contributed by atoms with Crippen LogP contribution in [0.2, 0.25) is 0 Å². The maximum Gasteiger partial charge on any atom is 0.472 e. The van der Waals surface area contributed by atoms with Crippen molar-refractivity contribution in [1.82, 2.24) is 5.32 Å². The van der Waals surface area contributed by atoms with Gasteiger partial charge in [-0.15, -0.1) is 0 Å². The number of unbranched alkanes of at least 4 members (excludes halogenated alkanes) is 29. The Morgan fingerprint density at radius 2 is 0.800 bits per heavy atom. The van der Waals surface area contributed by atoms with E-state index < -0.39 is 20.0 Å². The zero-order valence-electron chi connectivity index (χ0n) is 52.8. The number of quaternary nitrogens is 1. The molecule has 0 aliphatic carbocycles. The van der Waals surface area contributed by atoms with Gasteiger partial charge < -0.3 is 19.4 Å². The van der Waals surface area contributed by atoms with Gasteiger partial charge in [0.2, 0.25) is 5.91 Å². The molecule has 0 aromatic heterocycles. The maximum absolute atomic E-state index is 13.6. The smallest absolute Gasteiger partial charge is 0.456 e. The first-order valence-corrected chi connectivity index (χ1v) is 34.6. The van der Waals surface area contributed by atoms with Crippen molar-refractivity contribution in [2.45, 2.75) is 296 Å². The highest BCUT2D eigenvalue weighted by Gasteiger charge is 2.30.